The van der Waals surface area contributed by atoms with Crippen molar-refractivity contribution in [1.82, 2.24) is 9.80 Å². The Labute approximate surface area is 122 Å². The SMILES string of the molecule is Cc1cc(C(=O)O)ccc1NC(=O)N1CCN(C)C(=O)C1. The van der Waals surface area contributed by atoms with Gasteiger partial charge in [-0.05, 0) is 30.7 Å². The molecule has 21 heavy (non-hydrogen) atoms. The Balaban J connectivity index is 2.06. The Morgan fingerprint density at radius 2 is 2.00 bits per heavy atom. The van der Waals surface area contributed by atoms with E-state index in [4.69, 9.17) is 5.11 Å². The van der Waals surface area contributed by atoms with Crippen molar-refractivity contribution >= 4 is 23.6 Å². The summed E-state index contributed by atoms with van der Waals surface area (Å²) in [5.41, 5.74) is 1.36. The number of nitrogens with one attached hydrogen (secondary N) is 1. The lowest BCUT2D eigenvalue weighted by Gasteiger charge is -2.32. The van der Waals surface area contributed by atoms with Crippen LogP contribution in [0, 0.1) is 6.92 Å². The topological polar surface area (TPSA) is 89.9 Å². The maximum Gasteiger partial charge on any atom is 0.335 e. The third kappa shape index (κ3) is 3.31. The Kier molecular flexibility index (Phi) is 4.11. The van der Waals surface area contributed by atoms with E-state index >= 15 is 0 Å². The third-order valence-electron chi connectivity index (χ3n) is 3.46. The van der Waals surface area contributed by atoms with Gasteiger partial charge in [-0.1, -0.05) is 0 Å². The number of nitrogens with zero attached hydrogens (tertiary/aromatic N) is 2. The number of anilines is 1. The number of piperazine rings is 1. The number of hydrogen-bond acceptors (Lipinski definition) is 3. The summed E-state index contributed by atoms with van der Waals surface area (Å²) in [7, 11) is 1.70. The van der Waals surface area contributed by atoms with Crippen LogP contribution >= 0.6 is 0 Å². The summed E-state index contributed by atoms with van der Waals surface area (Å²) in [6.07, 6.45) is 0. The highest BCUT2D eigenvalue weighted by molar-refractivity contribution is 5.94. The van der Waals surface area contributed by atoms with E-state index in [1.165, 1.54) is 17.0 Å². The van der Waals surface area contributed by atoms with Gasteiger partial charge in [0.2, 0.25) is 5.91 Å². The molecular weight excluding hydrogens is 274 g/mol. The van der Waals surface area contributed by atoms with Gasteiger partial charge >= 0.3 is 12.0 Å². The molecule has 0 aliphatic carbocycles. The predicted octanol–water partition coefficient (Wildman–Crippen LogP) is 0.999. The lowest BCUT2D eigenvalue weighted by Crippen LogP contribution is -2.51. The molecule has 1 aliphatic heterocycles. The summed E-state index contributed by atoms with van der Waals surface area (Å²) in [5, 5.41) is 11.6. The Morgan fingerprint density at radius 3 is 2.57 bits per heavy atom. The largest absolute Gasteiger partial charge is 0.478 e. The minimum absolute atomic E-state index is 0.0502. The number of carboxylic acid groups (broad SMARTS) is 1. The van der Waals surface area contributed by atoms with Crippen LogP contribution in [0.15, 0.2) is 18.2 Å². The molecule has 1 aliphatic rings. The van der Waals surface area contributed by atoms with Crippen LogP contribution in [0.5, 0.6) is 0 Å². The number of aryl methyl sites for hydroxylation is 1. The average Bonchev–Trinajstić information content (AvgIpc) is 2.43. The molecule has 2 N–H and O–H groups in total. The number of likely N-dealkylation sites (N-methyl/N-ethyl adjacent to an activating group) is 1. The van der Waals surface area contributed by atoms with E-state index in [2.05, 4.69) is 5.32 Å². The van der Waals surface area contributed by atoms with Crippen molar-refractivity contribution in [3.05, 3.63) is 29.3 Å². The van der Waals surface area contributed by atoms with Crippen molar-refractivity contribution in [1.29, 1.82) is 0 Å². The quantitative estimate of drug-likeness (QED) is 0.850. The van der Waals surface area contributed by atoms with E-state index in [1.54, 1.807) is 24.9 Å². The van der Waals surface area contributed by atoms with Gasteiger partial charge in [0.25, 0.3) is 0 Å². The molecule has 0 radical (unpaired) electrons. The first-order chi connectivity index (χ1) is 9.88. The lowest BCUT2D eigenvalue weighted by molar-refractivity contribution is -0.133. The second kappa shape index (κ2) is 5.82. The van der Waals surface area contributed by atoms with E-state index in [0.717, 1.165) is 0 Å². The van der Waals surface area contributed by atoms with Crippen molar-refractivity contribution in [2.75, 3.05) is 32.0 Å². The number of carboxylic acids is 1. The minimum Gasteiger partial charge on any atom is -0.478 e. The summed E-state index contributed by atoms with van der Waals surface area (Å²) < 4.78 is 0. The highest BCUT2D eigenvalue weighted by Gasteiger charge is 2.25. The molecule has 0 bridgehead atoms. The fourth-order valence-corrected chi connectivity index (χ4v) is 2.06. The maximum atomic E-state index is 12.1. The molecule has 1 saturated heterocycles. The summed E-state index contributed by atoms with van der Waals surface area (Å²) in [4.78, 5) is 37.6. The molecule has 1 heterocycles. The van der Waals surface area contributed by atoms with Gasteiger partial charge in [0, 0.05) is 25.8 Å². The monoisotopic (exact) mass is 291 g/mol. The van der Waals surface area contributed by atoms with Gasteiger partial charge < -0.3 is 20.2 Å². The molecule has 0 aromatic heterocycles. The first kappa shape index (κ1) is 14.8. The number of carbonyl (C=O) groups is 3. The van der Waals surface area contributed by atoms with Gasteiger partial charge in [0.1, 0.15) is 6.54 Å². The number of hydrogen-bond donors (Lipinski definition) is 2. The summed E-state index contributed by atoms with van der Waals surface area (Å²) in [5.74, 6) is -1.12. The van der Waals surface area contributed by atoms with E-state index in [-0.39, 0.29) is 24.0 Å². The molecule has 0 unspecified atom stereocenters. The highest BCUT2D eigenvalue weighted by Crippen LogP contribution is 2.17. The van der Waals surface area contributed by atoms with Gasteiger partial charge in [-0.25, -0.2) is 9.59 Å². The van der Waals surface area contributed by atoms with Crippen LogP contribution in [0.1, 0.15) is 15.9 Å². The molecular formula is C14H17N3O4. The fraction of sp³-hybridized carbons (Fsp3) is 0.357. The van der Waals surface area contributed by atoms with Gasteiger partial charge in [0.05, 0.1) is 5.56 Å². The number of urea groups is 1. The van der Waals surface area contributed by atoms with Crippen LogP contribution in [0.25, 0.3) is 0 Å². The number of aromatic carboxylic acids is 1. The van der Waals surface area contributed by atoms with Gasteiger partial charge in [0.15, 0.2) is 0 Å². The Bertz CT molecular complexity index is 600. The van der Waals surface area contributed by atoms with E-state index in [9.17, 15) is 14.4 Å². The average molecular weight is 291 g/mol. The number of rotatable bonds is 2. The molecule has 3 amide bonds. The van der Waals surface area contributed by atoms with Crippen molar-refractivity contribution in [2.24, 2.45) is 0 Å². The Morgan fingerprint density at radius 1 is 1.29 bits per heavy atom. The maximum absolute atomic E-state index is 12.1. The van der Waals surface area contributed by atoms with Gasteiger partial charge in [-0.2, -0.15) is 0 Å². The van der Waals surface area contributed by atoms with Crippen LogP contribution in [0.2, 0.25) is 0 Å². The van der Waals surface area contributed by atoms with Crippen LogP contribution in [0.4, 0.5) is 10.5 Å². The molecule has 7 heteroatoms. The fourth-order valence-electron chi connectivity index (χ4n) is 2.06. The molecule has 1 fully saturated rings. The molecule has 112 valence electrons. The third-order valence-corrected chi connectivity index (χ3v) is 3.46. The zero-order valence-corrected chi connectivity index (χ0v) is 11.9. The minimum atomic E-state index is -1.01. The number of benzene rings is 1. The van der Waals surface area contributed by atoms with Crippen LogP contribution in [-0.2, 0) is 4.79 Å². The summed E-state index contributed by atoms with van der Waals surface area (Å²) >= 11 is 0. The van der Waals surface area contributed by atoms with E-state index in [0.29, 0.717) is 24.3 Å². The smallest absolute Gasteiger partial charge is 0.335 e. The van der Waals surface area contributed by atoms with Gasteiger partial charge in [-0.3, -0.25) is 4.79 Å². The predicted molar refractivity (Wildman–Crippen MR) is 76.4 cm³/mol. The van der Waals surface area contributed by atoms with Crippen molar-refractivity contribution in [2.45, 2.75) is 6.92 Å². The zero-order valence-electron chi connectivity index (χ0n) is 11.9. The molecule has 0 atom stereocenters. The lowest BCUT2D eigenvalue weighted by atomic mass is 10.1. The van der Waals surface area contributed by atoms with Gasteiger partial charge in [-0.15, -0.1) is 0 Å². The Hall–Kier alpha value is -2.57. The summed E-state index contributed by atoms with van der Waals surface area (Å²) in [6.45, 7) is 2.75. The molecule has 2 rings (SSSR count). The first-order valence-electron chi connectivity index (χ1n) is 6.52. The van der Waals surface area contributed by atoms with Crippen LogP contribution < -0.4 is 5.32 Å². The molecule has 1 aromatic rings. The standard InChI is InChI=1S/C14H17N3O4/c1-9-7-10(13(19)20)3-4-11(9)15-14(21)17-6-5-16(2)12(18)8-17/h3-4,7H,5-6,8H2,1-2H3,(H,15,21)(H,19,20). The van der Waals surface area contributed by atoms with E-state index < -0.39 is 5.97 Å². The number of carbonyl (C=O) groups excluding carboxylic acids is 2. The number of amides is 3. The zero-order chi connectivity index (χ0) is 15.6. The molecule has 0 saturated carbocycles. The molecule has 7 nitrogen and oxygen atoms in total. The van der Waals surface area contributed by atoms with Crippen LogP contribution in [-0.4, -0.2) is 59.5 Å². The van der Waals surface area contributed by atoms with Crippen molar-refractivity contribution in [3.63, 3.8) is 0 Å². The van der Waals surface area contributed by atoms with Crippen molar-refractivity contribution < 1.29 is 19.5 Å². The normalized spacial score (nSPS) is 15.0. The van der Waals surface area contributed by atoms with Crippen LogP contribution in [0.3, 0.4) is 0 Å². The second-order valence-corrected chi connectivity index (χ2v) is 5.00. The second-order valence-electron chi connectivity index (χ2n) is 5.00. The first-order valence-corrected chi connectivity index (χ1v) is 6.52. The molecule has 1 aromatic carbocycles. The summed E-state index contributed by atoms with van der Waals surface area (Å²) in [6, 6.07) is 4.12. The van der Waals surface area contributed by atoms with Crippen molar-refractivity contribution in [3.8, 4) is 0 Å². The van der Waals surface area contributed by atoms with E-state index in [1.807, 2.05) is 0 Å². The molecule has 0 spiro atoms. The highest BCUT2D eigenvalue weighted by atomic mass is 16.4.